The van der Waals surface area contributed by atoms with Crippen LogP contribution in [0, 0.1) is 5.82 Å². The van der Waals surface area contributed by atoms with E-state index in [4.69, 9.17) is 11.6 Å². The quantitative estimate of drug-likeness (QED) is 0.770. The Kier molecular flexibility index (Phi) is 4.81. The lowest BCUT2D eigenvalue weighted by molar-refractivity contribution is 0.0943. The lowest BCUT2D eigenvalue weighted by Crippen LogP contribution is -2.26. The molecular formula is C16H13ClFN5O. The Bertz CT molecular complexity index is 832. The van der Waals surface area contributed by atoms with Gasteiger partial charge in [-0.25, -0.2) is 4.39 Å². The third kappa shape index (κ3) is 3.94. The van der Waals surface area contributed by atoms with Crippen LogP contribution in [0.3, 0.4) is 0 Å². The molecular weight excluding hydrogens is 333 g/mol. The van der Waals surface area contributed by atoms with E-state index >= 15 is 0 Å². The molecule has 0 spiro atoms. The van der Waals surface area contributed by atoms with E-state index in [1.807, 2.05) is 12.1 Å². The molecule has 3 aromatic rings. The number of nitrogens with one attached hydrogen (secondary N) is 1. The number of hydrogen-bond donors (Lipinski definition) is 1. The van der Waals surface area contributed by atoms with Crippen LogP contribution in [-0.4, -0.2) is 32.7 Å². The molecule has 0 radical (unpaired) electrons. The smallest absolute Gasteiger partial charge is 0.292 e. The average Bonchev–Trinajstić information content (AvgIpc) is 3.07. The molecule has 0 aliphatic carbocycles. The molecule has 24 heavy (non-hydrogen) atoms. The van der Waals surface area contributed by atoms with Crippen LogP contribution in [0.2, 0.25) is 5.02 Å². The maximum absolute atomic E-state index is 12.9. The van der Waals surface area contributed by atoms with Crippen molar-refractivity contribution in [3.8, 4) is 5.69 Å². The normalized spacial score (nSPS) is 10.6. The highest BCUT2D eigenvalue weighted by Gasteiger charge is 2.13. The van der Waals surface area contributed by atoms with E-state index < -0.39 is 5.91 Å². The molecule has 3 rings (SSSR count). The number of halogens is 2. The first-order valence-electron chi connectivity index (χ1n) is 7.20. The second-order valence-electron chi connectivity index (χ2n) is 5.01. The standard InChI is InChI=1S/C16H13ClFN5O/c17-12-3-1-11(2-4-12)9-10-19-16(24)15-20-22-23(21-15)14-7-5-13(18)6-8-14/h1-8H,9-10H2,(H,19,24). The van der Waals surface area contributed by atoms with Crippen molar-refractivity contribution < 1.29 is 9.18 Å². The summed E-state index contributed by atoms with van der Waals surface area (Å²) in [5.41, 5.74) is 1.58. The number of rotatable bonds is 5. The van der Waals surface area contributed by atoms with Gasteiger partial charge in [-0.3, -0.25) is 4.79 Å². The molecule has 6 nitrogen and oxygen atoms in total. The van der Waals surface area contributed by atoms with Crippen LogP contribution in [0.5, 0.6) is 0 Å². The first-order chi connectivity index (χ1) is 11.6. The van der Waals surface area contributed by atoms with Gasteiger partial charge in [-0.2, -0.15) is 0 Å². The SMILES string of the molecule is O=C(NCCc1ccc(Cl)cc1)c1nnn(-c2ccc(F)cc2)n1. The molecule has 1 amide bonds. The minimum Gasteiger partial charge on any atom is -0.349 e. The fourth-order valence-corrected chi connectivity index (χ4v) is 2.17. The third-order valence-electron chi connectivity index (χ3n) is 3.29. The zero-order chi connectivity index (χ0) is 16.9. The molecule has 0 saturated carbocycles. The van der Waals surface area contributed by atoms with Gasteiger partial charge >= 0.3 is 0 Å². The molecule has 0 bridgehead atoms. The summed E-state index contributed by atoms with van der Waals surface area (Å²) in [5, 5.41) is 14.9. The van der Waals surface area contributed by atoms with Crippen LogP contribution < -0.4 is 5.32 Å². The van der Waals surface area contributed by atoms with Crippen molar-refractivity contribution in [3.05, 3.63) is 70.8 Å². The van der Waals surface area contributed by atoms with E-state index in [1.165, 1.54) is 29.1 Å². The van der Waals surface area contributed by atoms with Crippen LogP contribution >= 0.6 is 11.6 Å². The second-order valence-corrected chi connectivity index (χ2v) is 5.45. The number of carbonyl (C=O) groups excluding carboxylic acids is 1. The molecule has 2 aromatic carbocycles. The van der Waals surface area contributed by atoms with Gasteiger partial charge in [0.05, 0.1) is 5.69 Å². The maximum Gasteiger partial charge on any atom is 0.292 e. The van der Waals surface area contributed by atoms with Gasteiger partial charge in [0.1, 0.15) is 5.82 Å². The highest BCUT2D eigenvalue weighted by atomic mass is 35.5. The maximum atomic E-state index is 12.9. The van der Waals surface area contributed by atoms with Gasteiger partial charge in [0, 0.05) is 11.6 Å². The van der Waals surface area contributed by atoms with Crippen LogP contribution in [0.25, 0.3) is 5.69 Å². The summed E-state index contributed by atoms with van der Waals surface area (Å²) in [7, 11) is 0. The highest BCUT2D eigenvalue weighted by Crippen LogP contribution is 2.09. The van der Waals surface area contributed by atoms with Crippen molar-refractivity contribution in [2.24, 2.45) is 0 Å². The highest BCUT2D eigenvalue weighted by molar-refractivity contribution is 6.30. The van der Waals surface area contributed by atoms with Crippen molar-refractivity contribution in [3.63, 3.8) is 0 Å². The van der Waals surface area contributed by atoms with E-state index in [9.17, 15) is 9.18 Å². The lowest BCUT2D eigenvalue weighted by Gasteiger charge is -2.03. The topological polar surface area (TPSA) is 72.7 Å². The van der Waals surface area contributed by atoms with Crippen LogP contribution in [0.4, 0.5) is 4.39 Å². The fraction of sp³-hybridized carbons (Fsp3) is 0.125. The van der Waals surface area contributed by atoms with Gasteiger partial charge in [-0.1, -0.05) is 23.7 Å². The molecule has 0 unspecified atom stereocenters. The van der Waals surface area contributed by atoms with E-state index in [1.54, 1.807) is 12.1 Å². The predicted octanol–water partition coefficient (Wildman–Crippen LogP) is 2.43. The third-order valence-corrected chi connectivity index (χ3v) is 3.54. The molecule has 0 aliphatic heterocycles. The number of hydrogen-bond acceptors (Lipinski definition) is 4. The molecule has 1 heterocycles. The Morgan fingerprint density at radius 1 is 1.12 bits per heavy atom. The molecule has 1 N–H and O–H groups in total. The molecule has 0 atom stereocenters. The molecule has 0 saturated heterocycles. The summed E-state index contributed by atoms with van der Waals surface area (Å²) in [5.74, 6) is -0.827. The Balaban J connectivity index is 1.57. The van der Waals surface area contributed by atoms with E-state index in [0.29, 0.717) is 23.7 Å². The van der Waals surface area contributed by atoms with Crippen molar-refractivity contribution >= 4 is 17.5 Å². The number of benzene rings is 2. The Hall–Kier alpha value is -2.80. The predicted molar refractivity (Wildman–Crippen MR) is 86.6 cm³/mol. The van der Waals surface area contributed by atoms with Gasteiger partial charge in [0.2, 0.25) is 0 Å². The summed E-state index contributed by atoms with van der Waals surface area (Å²) < 4.78 is 12.9. The number of carbonyl (C=O) groups is 1. The van der Waals surface area contributed by atoms with Crippen molar-refractivity contribution in [1.82, 2.24) is 25.5 Å². The first kappa shape index (κ1) is 16.1. The summed E-state index contributed by atoms with van der Waals surface area (Å²) in [6, 6.07) is 13.0. The second kappa shape index (κ2) is 7.18. The minimum absolute atomic E-state index is 0.0459. The number of nitrogens with zero attached hydrogens (tertiary/aromatic N) is 4. The summed E-state index contributed by atoms with van der Waals surface area (Å²) in [4.78, 5) is 13.2. The largest absolute Gasteiger partial charge is 0.349 e. The van der Waals surface area contributed by atoms with Crippen LogP contribution in [0.1, 0.15) is 16.2 Å². The van der Waals surface area contributed by atoms with Gasteiger partial charge in [0.15, 0.2) is 0 Å². The Morgan fingerprint density at radius 2 is 1.83 bits per heavy atom. The molecule has 122 valence electrons. The van der Waals surface area contributed by atoms with Gasteiger partial charge < -0.3 is 5.32 Å². The number of amides is 1. The average molecular weight is 346 g/mol. The van der Waals surface area contributed by atoms with Crippen LogP contribution in [-0.2, 0) is 6.42 Å². The fourth-order valence-electron chi connectivity index (χ4n) is 2.04. The summed E-state index contributed by atoms with van der Waals surface area (Å²) >= 11 is 5.82. The van der Waals surface area contributed by atoms with Crippen LogP contribution in [0.15, 0.2) is 48.5 Å². The summed E-state index contributed by atoms with van der Waals surface area (Å²) in [6.07, 6.45) is 0.662. The van der Waals surface area contributed by atoms with Crippen molar-refractivity contribution in [1.29, 1.82) is 0 Å². The molecule has 1 aromatic heterocycles. The van der Waals surface area contributed by atoms with E-state index in [0.717, 1.165) is 5.56 Å². The van der Waals surface area contributed by atoms with Crippen molar-refractivity contribution in [2.75, 3.05) is 6.54 Å². The lowest BCUT2D eigenvalue weighted by atomic mass is 10.1. The number of aromatic nitrogens is 4. The first-order valence-corrected chi connectivity index (χ1v) is 7.58. The van der Waals surface area contributed by atoms with Gasteiger partial charge in [-0.05, 0) is 53.6 Å². The molecule has 0 fully saturated rings. The zero-order valence-electron chi connectivity index (χ0n) is 12.5. The molecule has 8 heteroatoms. The zero-order valence-corrected chi connectivity index (χ0v) is 13.2. The Labute approximate surface area is 142 Å². The van der Waals surface area contributed by atoms with E-state index in [-0.39, 0.29) is 11.6 Å². The molecule has 0 aliphatic rings. The monoisotopic (exact) mass is 345 g/mol. The van der Waals surface area contributed by atoms with Gasteiger partial charge in [-0.15, -0.1) is 15.0 Å². The number of tetrazole rings is 1. The Morgan fingerprint density at radius 3 is 2.54 bits per heavy atom. The van der Waals surface area contributed by atoms with E-state index in [2.05, 4.69) is 20.7 Å². The summed E-state index contributed by atoms with van der Waals surface area (Å²) in [6.45, 7) is 0.436. The van der Waals surface area contributed by atoms with Gasteiger partial charge in [0.25, 0.3) is 11.7 Å². The van der Waals surface area contributed by atoms with Crippen molar-refractivity contribution in [2.45, 2.75) is 6.42 Å². The minimum atomic E-state index is -0.419.